The molecule has 0 fully saturated rings. The Morgan fingerprint density at radius 3 is 1.39 bits per heavy atom. The first-order chi connectivity index (χ1) is 35.6. The summed E-state index contributed by atoms with van der Waals surface area (Å²) in [6.45, 7) is 7.07. The highest BCUT2D eigenvalue weighted by Crippen LogP contribution is 2.14. The zero-order chi connectivity index (χ0) is 56.0. The molecule has 0 saturated heterocycles. The van der Waals surface area contributed by atoms with E-state index in [9.17, 15) is 53.7 Å². The normalized spacial score (nSPS) is 14.4. The van der Waals surface area contributed by atoms with Crippen LogP contribution in [0.1, 0.15) is 103 Å². The topological polar surface area (TPSA) is 424 Å². The maximum atomic E-state index is 14.2. The molecular weight excluding hydrogens is 971 g/mol. The van der Waals surface area contributed by atoms with Gasteiger partial charge in [0.15, 0.2) is 5.96 Å². The second-order valence-electron chi connectivity index (χ2n) is 19.4. The number of carbonyl (C=O) groups is 8. The second kappa shape index (κ2) is 34.6. The molecule has 0 aliphatic rings. The molecule has 20 N–H and O–H groups in total. The number of guanidine groups is 1. The van der Waals surface area contributed by atoms with E-state index >= 15 is 0 Å². The van der Waals surface area contributed by atoms with E-state index in [1.807, 2.05) is 13.8 Å². The van der Waals surface area contributed by atoms with Crippen LogP contribution in [0.2, 0.25) is 0 Å². The first-order valence-corrected chi connectivity index (χ1v) is 25.6. The van der Waals surface area contributed by atoms with E-state index in [0.717, 1.165) is 0 Å². The first kappa shape index (κ1) is 64.2. The standard InChI is InChI=1S/C51H83N13O11/c1-30(2)25-35(54)43(67)58-36(15-8-10-22-52)45(69)62-40(27-32-13-6-5-7-14-32)48(72)64-42(29-65)49(73)61-39(26-31(3)4)47(71)60-38(17-12-24-57-51(55)56)44(68)59-37(16-9-11-23-53)46(70)63-41(50(74)75)28-33-18-20-34(66)21-19-33/h5-7,13-14,18-21,30-31,35-42,65-66H,8-12,15-17,22-29,52-54H2,1-4H3,(H,58,67)(H,59,68)(H,60,71)(H,61,73)(H,62,69)(H,63,70)(H,64,72)(H,74,75)(H4,55,56,57)/t35-,36-,37-,38-,39-,40-,41-,42-/m0/s1. The van der Waals surface area contributed by atoms with Crippen LogP contribution in [0.3, 0.4) is 0 Å². The molecule has 2 rings (SSSR count). The molecular formula is C51H83N13O11. The monoisotopic (exact) mass is 1050 g/mol. The predicted octanol–water partition coefficient (Wildman–Crippen LogP) is -1.62. The molecule has 2 aromatic carbocycles. The number of aliphatic hydroxyl groups is 1. The lowest BCUT2D eigenvalue weighted by Crippen LogP contribution is -2.61. The number of phenolic OH excluding ortho intramolecular Hbond substituents is 1. The number of aliphatic imine (C=N–C) groups is 1. The van der Waals surface area contributed by atoms with Crippen LogP contribution < -0.4 is 65.9 Å². The molecule has 0 radical (unpaired) electrons. The maximum Gasteiger partial charge on any atom is 0.326 e. The van der Waals surface area contributed by atoms with Gasteiger partial charge in [0, 0.05) is 19.4 Å². The average molecular weight is 1050 g/mol. The number of carboxylic acids is 1. The van der Waals surface area contributed by atoms with Crippen molar-refractivity contribution in [2.75, 3.05) is 26.2 Å². The third-order valence-electron chi connectivity index (χ3n) is 11.9. The van der Waals surface area contributed by atoms with Gasteiger partial charge in [-0.05, 0) is 112 Å². The Morgan fingerprint density at radius 2 is 0.907 bits per heavy atom. The second-order valence-corrected chi connectivity index (χ2v) is 19.4. The molecule has 0 unspecified atom stereocenters. The smallest absolute Gasteiger partial charge is 0.326 e. The largest absolute Gasteiger partial charge is 0.508 e. The molecule has 2 aromatic rings. The van der Waals surface area contributed by atoms with Gasteiger partial charge in [0.25, 0.3) is 0 Å². The van der Waals surface area contributed by atoms with E-state index in [-0.39, 0.29) is 81.6 Å². The lowest BCUT2D eigenvalue weighted by molar-refractivity contribution is -0.142. The van der Waals surface area contributed by atoms with Crippen molar-refractivity contribution >= 4 is 53.3 Å². The van der Waals surface area contributed by atoms with E-state index in [1.165, 1.54) is 24.3 Å². The van der Waals surface area contributed by atoms with Crippen LogP contribution in [0.15, 0.2) is 59.6 Å². The Morgan fingerprint density at radius 1 is 0.507 bits per heavy atom. The predicted molar refractivity (Wildman–Crippen MR) is 283 cm³/mol. The molecule has 24 nitrogen and oxygen atoms in total. The molecule has 0 saturated carbocycles. The fourth-order valence-corrected chi connectivity index (χ4v) is 7.85. The highest BCUT2D eigenvalue weighted by atomic mass is 16.4. The van der Waals surface area contributed by atoms with Crippen molar-refractivity contribution in [3.8, 4) is 5.75 Å². The highest BCUT2D eigenvalue weighted by molar-refractivity contribution is 5.97. The number of hydrogen-bond acceptors (Lipinski definition) is 14. The lowest BCUT2D eigenvalue weighted by Gasteiger charge is -2.28. The maximum absolute atomic E-state index is 14.2. The number of aliphatic hydroxyl groups excluding tert-OH is 1. The number of carbonyl (C=O) groups excluding carboxylic acids is 7. The zero-order valence-electron chi connectivity index (χ0n) is 43.7. The van der Waals surface area contributed by atoms with Gasteiger partial charge in [-0.25, -0.2) is 4.79 Å². The summed E-state index contributed by atoms with van der Waals surface area (Å²) >= 11 is 0. The number of hydrogen-bond donors (Lipinski definition) is 15. The Balaban J connectivity index is 2.41. The number of nitrogens with zero attached hydrogens (tertiary/aromatic N) is 1. The molecule has 0 aromatic heterocycles. The summed E-state index contributed by atoms with van der Waals surface area (Å²) in [6, 6.07) is 4.06. The van der Waals surface area contributed by atoms with Crippen LogP contribution in [0.4, 0.5) is 0 Å². The van der Waals surface area contributed by atoms with Crippen LogP contribution in [-0.2, 0) is 51.2 Å². The van der Waals surface area contributed by atoms with E-state index in [4.69, 9.17) is 28.7 Å². The minimum atomic E-state index is -1.65. The van der Waals surface area contributed by atoms with Crippen molar-refractivity contribution in [3.63, 3.8) is 0 Å². The Bertz CT molecular complexity index is 2140. The van der Waals surface area contributed by atoms with Gasteiger partial charge < -0.3 is 81.2 Å². The number of carboxylic acid groups (broad SMARTS) is 1. The number of aromatic hydroxyl groups is 1. The van der Waals surface area contributed by atoms with Crippen molar-refractivity contribution < 1.29 is 53.7 Å². The fourth-order valence-electron chi connectivity index (χ4n) is 7.85. The van der Waals surface area contributed by atoms with E-state index < -0.39 is 102 Å². The van der Waals surface area contributed by atoms with Gasteiger partial charge in [-0.1, -0.05) is 70.2 Å². The molecule has 8 atom stereocenters. The Hall–Kier alpha value is -6.89. The fraction of sp³-hybridized carbons (Fsp3) is 0.588. The molecule has 0 aliphatic carbocycles. The zero-order valence-corrected chi connectivity index (χ0v) is 43.7. The van der Waals surface area contributed by atoms with E-state index in [0.29, 0.717) is 49.8 Å². The molecule has 24 heteroatoms. The van der Waals surface area contributed by atoms with Gasteiger partial charge in [-0.15, -0.1) is 0 Å². The number of amides is 7. The van der Waals surface area contributed by atoms with Gasteiger partial charge >= 0.3 is 5.97 Å². The first-order valence-electron chi connectivity index (χ1n) is 25.6. The Kier molecular flexibility index (Phi) is 29.6. The van der Waals surface area contributed by atoms with Crippen LogP contribution in [0.5, 0.6) is 5.75 Å². The highest BCUT2D eigenvalue weighted by Gasteiger charge is 2.35. The number of nitrogens with two attached hydrogens (primary N) is 5. The molecule has 0 spiro atoms. The average Bonchev–Trinajstić information content (AvgIpc) is 3.35. The number of rotatable bonds is 36. The summed E-state index contributed by atoms with van der Waals surface area (Å²) in [5, 5.41) is 48.5. The third kappa shape index (κ3) is 25.3. The van der Waals surface area contributed by atoms with Gasteiger partial charge in [0.1, 0.15) is 48.0 Å². The van der Waals surface area contributed by atoms with Crippen molar-refractivity contribution in [2.24, 2.45) is 45.5 Å². The minimum Gasteiger partial charge on any atom is -0.508 e. The minimum absolute atomic E-state index is 0.0124. The van der Waals surface area contributed by atoms with Crippen molar-refractivity contribution in [1.82, 2.24) is 37.2 Å². The van der Waals surface area contributed by atoms with Gasteiger partial charge in [0.05, 0.1) is 12.6 Å². The van der Waals surface area contributed by atoms with Gasteiger partial charge in [-0.2, -0.15) is 0 Å². The van der Waals surface area contributed by atoms with Crippen LogP contribution >= 0.6 is 0 Å². The van der Waals surface area contributed by atoms with Crippen molar-refractivity contribution in [2.45, 2.75) is 153 Å². The number of unbranched alkanes of at least 4 members (excludes halogenated alkanes) is 2. The molecule has 0 heterocycles. The van der Waals surface area contributed by atoms with Crippen LogP contribution in [0.25, 0.3) is 0 Å². The number of aliphatic carboxylic acids is 1. The quantitative estimate of drug-likeness (QED) is 0.0207. The van der Waals surface area contributed by atoms with Gasteiger partial charge in [0.2, 0.25) is 41.4 Å². The SMILES string of the molecule is CC(C)C[C@H](NC(=O)[C@H](CO)NC(=O)[C@H](Cc1ccccc1)NC(=O)[C@H](CCCCN)NC(=O)[C@@H](N)CC(C)C)C(=O)N[C@@H](CCCN=C(N)N)C(=O)N[C@@H](CCCCN)C(=O)N[C@@H](Cc1ccc(O)cc1)C(=O)O. The third-order valence-corrected chi connectivity index (χ3v) is 11.9. The summed E-state index contributed by atoms with van der Waals surface area (Å²) in [4.78, 5) is 113. The summed E-state index contributed by atoms with van der Waals surface area (Å²) in [7, 11) is 0. The molecule has 418 valence electrons. The molecule has 0 aliphatic heterocycles. The summed E-state index contributed by atoms with van der Waals surface area (Å²) in [5.74, 6) is -7.31. The molecule has 75 heavy (non-hydrogen) atoms. The van der Waals surface area contributed by atoms with Crippen molar-refractivity contribution in [1.29, 1.82) is 0 Å². The summed E-state index contributed by atoms with van der Waals surface area (Å²) < 4.78 is 0. The van der Waals surface area contributed by atoms with Crippen LogP contribution in [-0.4, -0.2) is 143 Å². The Labute approximate surface area is 439 Å². The van der Waals surface area contributed by atoms with Crippen molar-refractivity contribution in [3.05, 3.63) is 65.7 Å². The van der Waals surface area contributed by atoms with E-state index in [1.54, 1.807) is 44.2 Å². The molecule has 0 bridgehead atoms. The van der Waals surface area contributed by atoms with E-state index in [2.05, 4.69) is 42.2 Å². The molecule has 7 amide bonds. The lowest BCUT2D eigenvalue weighted by atomic mass is 10.0. The summed E-state index contributed by atoms with van der Waals surface area (Å²) in [5.41, 5.74) is 29.7. The number of nitrogens with one attached hydrogen (secondary N) is 7. The number of benzene rings is 2. The summed E-state index contributed by atoms with van der Waals surface area (Å²) in [6.07, 6.45) is 2.33. The number of phenols is 1. The van der Waals surface area contributed by atoms with Crippen LogP contribution in [0, 0.1) is 11.8 Å². The van der Waals surface area contributed by atoms with Gasteiger partial charge in [-0.3, -0.25) is 38.6 Å².